The predicted octanol–water partition coefficient (Wildman–Crippen LogP) is 2.92. The summed E-state index contributed by atoms with van der Waals surface area (Å²) in [6.45, 7) is 4.10. The molecule has 0 aliphatic carbocycles. The van der Waals surface area contributed by atoms with Gasteiger partial charge in [-0.2, -0.15) is 0 Å². The van der Waals surface area contributed by atoms with Crippen LogP contribution in [0.2, 0.25) is 0 Å². The van der Waals surface area contributed by atoms with Crippen LogP contribution in [0.4, 0.5) is 0 Å². The molecule has 2 amide bonds. The second kappa shape index (κ2) is 11.0. The lowest BCUT2D eigenvalue weighted by Gasteiger charge is -2.13. The van der Waals surface area contributed by atoms with Crippen molar-refractivity contribution in [3.05, 3.63) is 59.7 Å². The summed E-state index contributed by atoms with van der Waals surface area (Å²) in [7, 11) is 1.47. The first-order valence-corrected chi connectivity index (χ1v) is 9.61. The van der Waals surface area contributed by atoms with Crippen LogP contribution in [0.1, 0.15) is 42.1 Å². The van der Waals surface area contributed by atoms with Gasteiger partial charge in [0, 0.05) is 0 Å². The molecule has 8 heteroatoms. The van der Waals surface area contributed by atoms with E-state index in [9.17, 15) is 9.59 Å². The molecular formula is C21H25N3O4S. The summed E-state index contributed by atoms with van der Waals surface area (Å²) in [5.41, 5.74) is 6.40. The Morgan fingerprint density at radius 1 is 1.07 bits per heavy atom. The highest BCUT2D eigenvalue weighted by molar-refractivity contribution is 7.80. The highest BCUT2D eigenvalue weighted by Gasteiger charge is 2.13. The first kappa shape index (κ1) is 22.2. The fourth-order valence-electron chi connectivity index (χ4n) is 2.47. The number of carbonyl (C=O) groups excluding carboxylic acids is 2. The smallest absolute Gasteiger partial charge is 0.276 e. The number of para-hydroxylation sites is 1. The first-order valence-electron chi connectivity index (χ1n) is 9.20. The zero-order valence-electron chi connectivity index (χ0n) is 16.7. The molecule has 0 aromatic heterocycles. The van der Waals surface area contributed by atoms with Crippen LogP contribution in [0.25, 0.3) is 0 Å². The lowest BCUT2D eigenvalue weighted by molar-refractivity contribution is -0.123. The average Bonchev–Trinajstić information content (AvgIpc) is 2.75. The minimum atomic E-state index is -0.452. The van der Waals surface area contributed by atoms with Gasteiger partial charge in [-0.05, 0) is 54.4 Å². The van der Waals surface area contributed by atoms with Crippen molar-refractivity contribution in [3.8, 4) is 11.5 Å². The number of nitrogens with one attached hydrogen (secondary N) is 3. The van der Waals surface area contributed by atoms with Gasteiger partial charge >= 0.3 is 0 Å². The number of benzene rings is 2. The summed E-state index contributed by atoms with van der Waals surface area (Å²) in [6.07, 6.45) is 1.06. The fraction of sp³-hybridized carbons (Fsp3) is 0.286. The predicted molar refractivity (Wildman–Crippen MR) is 115 cm³/mol. The molecule has 2 aromatic carbocycles. The third-order valence-corrected chi connectivity index (χ3v) is 4.53. The van der Waals surface area contributed by atoms with Gasteiger partial charge in [-0.3, -0.25) is 25.8 Å². The Bertz CT molecular complexity index is 855. The topological polar surface area (TPSA) is 88.7 Å². The standard InChI is InChI=1S/C21H25N3O4S/c1-4-14(2)15-9-11-16(12-10-15)28-13-19(25)23-24-21(29)22-20(26)17-7-5-6-8-18(17)27-3/h5-12,14H,4,13H2,1-3H3,(H,23,25)(H2,22,24,26,29). The van der Waals surface area contributed by atoms with Gasteiger partial charge in [-0.15, -0.1) is 0 Å². The summed E-state index contributed by atoms with van der Waals surface area (Å²) in [6, 6.07) is 14.4. The zero-order chi connectivity index (χ0) is 21.2. The van der Waals surface area contributed by atoms with E-state index in [1.54, 1.807) is 24.3 Å². The Balaban J connectivity index is 1.75. The van der Waals surface area contributed by atoms with E-state index in [0.29, 0.717) is 23.0 Å². The lowest BCUT2D eigenvalue weighted by atomic mass is 9.99. The maximum atomic E-state index is 12.2. The maximum absolute atomic E-state index is 12.2. The summed E-state index contributed by atoms with van der Waals surface area (Å²) < 4.78 is 10.6. The second-order valence-corrected chi connectivity index (χ2v) is 6.73. The molecule has 0 spiro atoms. The van der Waals surface area contributed by atoms with Gasteiger partial charge in [0.2, 0.25) is 0 Å². The monoisotopic (exact) mass is 415 g/mol. The largest absolute Gasteiger partial charge is 0.496 e. The van der Waals surface area contributed by atoms with Crippen LogP contribution in [0.5, 0.6) is 11.5 Å². The van der Waals surface area contributed by atoms with Crippen molar-refractivity contribution in [2.24, 2.45) is 0 Å². The molecule has 0 saturated heterocycles. The molecule has 0 aliphatic heterocycles. The molecule has 2 aromatic rings. The third kappa shape index (κ3) is 6.76. The molecule has 0 saturated carbocycles. The Hall–Kier alpha value is -3.13. The number of carbonyl (C=O) groups is 2. The molecule has 0 bridgehead atoms. The molecule has 3 N–H and O–H groups in total. The van der Waals surface area contributed by atoms with Crippen LogP contribution >= 0.6 is 12.2 Å². The van der Waals surface area contributed by atoms with Crippen molar-refractivity contribution in [1.29, 1.82) is 0 Å². The van der Waals surface area contributed by atoms with Gasteiger partial charge in [-0.25, -0.2) is 0 Å². The van der Waals surface area contributed by atoms with Crippen molar-refractivity contribution < 1.29 is 19.1 Å². The van der Waals surface area contributed by atoms with Gasteiger partial charge < -0.3 is 9.47 Å². The van der Waals surface area contributed by atoms with Crippen molar-refractivity contribution >= 4 is 29.1 Å². The highest BCUT2D eigenvalue weighted by Crippen LogP contribution is 2.21. The third-order valence-electron chi connectivity index (χ3n) is 4.33. The van der Waals surface area contributed by atoms with Crippen molar-refractivity contribution in [2.45, 2.75) is 26.2 Å². The minimum absolute atomic E-state index is 0.0489. The lowest BCUT2D eigenvalue weighted by Crippen LogP contribution is -2.49. The molecule has 0 heterocycles. The quantitative estimate of drug-likeness (QED) is 0.476. The minimum Gasteiger partial charge on any atom is -0.496 e. The Labute approximate surface area is 175 Å². The molecule has 0 aliphatic rings. The molecular weight excluding hydrogens is 390 g/mol. The van der Waals surface area contributed by atoms with Crippen molar-refractivity contribution in [3.63, 3.8) is 0 Å². The van der Waals surface area contributed by atoms with E-state index in [1.807, 2.05) is 24.3 Å². The van der Waals surface area contributed by atoms with Gasteiger partial charge in [0.1, 0.15) is 11.5 Å². The maximum Gasteiger partial charge on any atom is 0.276 e. The molecule has 154 valence electrons. The Kier molecular flexibility index (Phi) is 8.42. The molecule has 1 atom stereocenters. The van der Waals surface area contributed by atoms with E-state index < -0.39 is 11.8 Å². The number of hydrogen-bond acceptors (Lipinski definition) is 5. The van der Waals surface area contributed by atoms with E-state index in [-0.39, 0.29) is 11.7 Å². The van der Waals surface area contributed by atoms with E-state index in [0.717, 1.165) is 6.42 Å². The number of rotatable bonds is 7. The molecule has 29 heavy (non-hydrogen) atoms. The SMILES string of the molecule is CCC(C)c1ccc(OCC(=O)NNC(=S)NC(=O)c2ccccc2OC)cc1. The van der Waals surface area contributed by atoms with Crippen molar-refractivity contribution in [2.75, 3.05) is 13.7 Å². The molecule has 0 fully saturated rings. The number of thiocarbonyl (C=S) groups is 1. The molecule has 0 radical (unpaired) electrons. The summed E-state index contributed by atoms with van der Waals surface area (Å²) in [5, 5.41) is 2.42. The summed E-state index contributed by atoms with van der Waals surface area (Å²) in [4.78, 5) is 24.1. The normalized spacial score (nSPS) is 11.1. The number of ether oxygens (including phenoxy) is 2. The van der Waals surface area contributed by atoms with Crippen molar-refractivity contribution in [1.82, 2.24) is 16.2 Å². The highest BCUT2D eigenvalue weighted by atomic mass is 32.1. The van der Waals surface area contributed by atoms with E-state index in [4.69, 9.17) is 21.7 Å². The van der Waals surface area contributed by atoms with Crippen LogP contribution in [0.15, 0.2) is 48.5 Å². The number of amides is 2. The van der Waals surface area contributed by atoms with Gasteiger partial charge in [0.05, 0.1) is 12.7 Å². The molecule has 1 unspecified atom stereocenters. The van der Waals surface area contributed by atoms with E-state index >= 15 is 0 Å². The van der Waals surface area contributed by atoms with Crippen LogP contribution < -0.4 is 25.6 Å². The van der Waals surface area contributed by atoms with Gasteiger partial charge in [0.15, 0.2) is 11.7 Å². The Morgan fingerprint density at radius 3 is 2.41 bits per heavy atom. The number of hydrogen-bond donors (Lipinski definition) is 3. The second-order valence-electron chi connectivity index (χ2n) is 6.32. The number of methoxy groups -OCH3 is 1. The first-order chi connectivity index (χ1) is 13.9. The van der Waals surface area contributed by atoms with Crippen LogP contribution in [0, 0.1) is 0 Å². The molecule has 2 rings (SSSR count). The summed E-state index contributed by atoms with van der Waals surface area (Å²) >= 11 is 5.02. The number of hydrazine groups is 1. The van der Waals surface area contributed by atoms with E-state index in [2.05, 4.69) is 30.0 Å². The van der Waals surface area contributed by atoms with Crippen LogP contribution in [-0.4, -0.2) is 30.6 Å². The van der Waals surface area contributed by atoms with Crippen LogP contribution in [-0.2, 0) is 4.79 Å². The summed E-state index contributed by atoms with van der Waals surface area (Å²) in [5.74, 6) is 0.601. The van der Waals surface area contributed by atoms with E-state index in [1.165, 1.54) is 12.7 Å². The average molecular weight is 416 g/mol. The zero-order valence-corrected chi connectivity index (χ0v) is 17.5. The Morgan fingerprint density at radius 2 is 1.76 bits per heavy atom. The van der Waals surface area contributed by atoms with Crippen LogP contribution in [0.3, 0.4) is 0 Å². The van der Waals surface area contributed by atoms with Gasteiger partial charge in [0.25, 0.3) is 11.8 Å². The fourth-order valence-corrected chi connectivity index (χ4v) is 2.62. The molecule has 7 nitrogen and oxygen atoms in total. The van der Waals surface area contributed by atoms with Gasteiger partial charge in [-0.1, -0.05) is 38.1 Å².